The van der Waals surface area contributed by atoms with Gasteiger partial charge in [0.05, 0.1) is 16.7 Å². The third-order valence-corrected chi connectivity index (χ3v) is 10.9. The van der Waals surface area contributed by atoms with E-state index in [1.165, 1.54) is 51.8 Å². The van der Waals surface area contributed by atoms with E-state index in [9.17, 15) is 0 Å². The Balaban J connectivity index is 1.37. The van der Waals surface area contributed by atoms with Crippen molar-refractivity contribution in [3.63, 3.8) is 0 Å². The molecule has 0 bridgehead atoms. The highest BCUT2D eigenvalue weighted by Gasteiger charge is 2.22. The first kappa shape index (κ1) is 23.5. The summed E-state index contributed by atoms with van der Waals surface area (Å²) in [5.41, 5.74) is 4.37. The summed E-state index contributed by atoms with van der Waals surface area (Å²) in [6, 6.07) is 45.7. The van der Waals surface area contributed by atoms with Gasteiger partial charge in [0, 0.05) is 52.0 Å². The lowest BCUT2D eigenvalue weighted by molar-refractivity contribution is 1.02. The van der Waals surface area contributed by atoms with E-state index in [4.69, 9.17) is 9.97 Å². The van der Waals surface area contributed by atoms with Gasteiger partial charge in [-0.1, -0.05) is 97.1 Å². The number of hydrogen-bond acceptors (Lipinski definition) is 4. The second-order valence-corrected chi connectivity index (χ2v) is 13.1. The summed E-state index contributed by atoms with van der Waals surface area (Å²) in [5, 5.41) is 9.75. The number of fused-ring (bicyclic) bond motifs is 10. The van der Waals surface area contributed by atoms with Gasteiger partial charge in [0.1, 0.15) is 4.83 Å². The van der Waals surface area contributed by atoms with Crippen molar-refractivity contribution in [2.24, 2.45) is 0 Å². The van der Waals surface area contributed by atoms with Crippen molar-refractivity contribution in [1.29, 1.82) is 0 Å². The van der Waals surface area contributed by atoms with E-state index in [-0.39, 0.29) is 0 Å². The molecule has 0 saturated heterocycles. The van der Waals surface area contributed by atoms with Gasteiger partial charge in [-0.15, -0.1) is 22.7 Å². The zero-order chi connectivity index (χ0) is 28.1. The molecular formula is C38H21N3S2. The smallest absolute Gasteiger partial charge is 0.236 e. The van der Waals surface area contributed by atoms with E-state index in [0.717, 1.165) is 32.5 Å². The molecule has 200 valence electrons. The van der Waals surface area contributed by atoms with Gasteiger partial charge in [-0.3, -0.25) is 4.57 Å². The normalized spacial score (nSPS) is 12.2. The Morgan fingerprint density at radius 1 is 0.488 bits per heavy atom. The van der Waals surface area contributed by atoms with Crippen LogP contribution in [0.1, 0.15) is 0 Å². The first-order chi connectivity index (χ1) is 21.3. The lowest BCUT2D eigenvalue weighted by atomic mass is 10.0. The van der Waals surface area contributed by atoms with Gasteiger partial charge in [-0.25, -0.2) is 9.97 Å². The van der Waals surface area contributed by atoms with E-state index in [0.29, 0.717) is 5.95 Å². The summed E-state index contributed by atoms with van der Waals surface area (Å²) in [6.07, 6.45) is 0. The summed E-state index contributed by atoms with van der Waals surface area (Å²) >= 11 is 3.59. The monoisotopic (exact) mass is 583 g/mol. The minimum atomic E-state index is 0.702. The molecule has 0 saturated carbocycles. The molecule has 0 aliphatic heterocycles. The van der Waals surface area contributed by atoms with Crippen molar-refractivity contribution in [2.45, 2.75) is 0 Å². The fourth-order valence-corrected chi connectivity index (χ4v) is 9.00. The Morgan fingerprint density at radius 3 is 2.02 bits per heavy atom. The first-order valence-electron chi connectivity index (χ1n) is 14.3. The van der Waals surface area contributed by atoms with E-state index in [2.05, 4.69) is 132 Å². The van der Waals surface area contributed by atoms with Crippen LogP contribution in [0.2, 0.25) is 0 Å². The van der Waals surface area contributed by atoms with Crippen molar-refractivity contribution < 1.29 is 0 Å². The van der Waals surface area contributed by atoms with Gasteiger partial charge in [0.2, 0.25) is 5.95 Å². The molecular weight excluding hydrogens is 563 g/mol. The number of nitrogens with zero attached hydrogens (tertiary/aromatic N) is 3. The lowest BCUT2D eigenvalue weighted by Crippen LogP contribution is -2.02. The van der Waals surface area contributed by atoms with E-state index in [1.807, 2.05) is 11.3 Å². The fourth-order valence-electron chi connectivity index (χ4n) is 6.71. The van der Waals surface area contributed by atoms with Crippen molar-refractivity contribution in [3.05, 3.63) is 127 Å². The molecule has 0 aliphatic rings. The number of hydrogen-bond donors (Lipinski definition) is 0. The van der Waals surface area contributed by atoms with Gasteiger partial charge >= 0.3 is 0 Å². The Morgan fingerprint density at radius 2 is 1.16 bits per heavy atom. The number of para-hydroxylation sites is 1. The molecule has 6 aromatic carbocycles. The predicted octanol–water partition coefficient (Wildman–Crippen LogP) is 11.1. The molecule has 0 radical (unpaired) electrons. The largest absolute Gasteiger partial charge is 0.278 e. The lowest BCUT2D eigenvalue weighted by Gasteiger charge is -2.11. The minimum Gasteiger partial charge on any atom is -0.278 e. The molecule has 0 N–H and O–H groups in total. The summed E-state index contributed by atoms with van der Waals surface area (Å²) in [5.74, 6) is 0.702. The number of rotatable bonds is 2. The van der Waals surface area contributed by atoms with Crippen molar-refractivity contribution in [1.82, 2.24) is 14.5 Å². The Bertz CT molecular complexity index is 2750. The molecule has 0 amide bonds. The van der Waals surface area contributed by atoms with Crippen LogP contribution in [-0.2, 0) is 0 Å². The molecule has 0 atom stereocenters. The van der Waals surface area contributed by atoms with E-state index < -0.39 is 0 Å². The Kier molecular flexibility index (Phi) is 4.75. The zero-order valence-electron chi connectivity index (χ0n) is 22.8. The molecule has 3 nitrogen and oxygen atoms in total. The standard InChI is InChI=1S/C38H21N3S2/c1-2-11-23-21-31-29(20-22(23)10-1)24-12-3-6-17-30(24)41(31)38-39-35(34-27-14-5-8-19-33(27)43-37(34)40-38)28-16-9-15-26-25-13-4-7-18-32(25)42-36(26)28/h1-21H. The van der Waals surface area contributed by atoms with Crippen LogP contribution in [0, 0.1) is 0 Å². The van der Waals surface area contributed by atoms with Gasteiger partial charge in [0.25, 0.3) is 0 Å². The highest BCUT2D eigenvalue weighted by atomic mass is 32.1. The van der Waals surface area contributed by atoms with Gasteiger partial charge < -0.3 is 0 Å². The molecule has 0 fully saturated rings. The summed E-state index contributed by atoms with van der Waals surface area (Å²) in [4.78, 5) is 11.8. The SMILES string of the molecule is c1ccc2cc3c(cc2c1)c1ccccc1n3-c1nc(-c2cccc3c2sc2ccccc23)c2c(n1)sc1ccccc12. The Hall–Kier alpha value is -5.10. The topological polar surface area (TPSA) is 30.7 Å². The molecule has 0 spiro atoms. The van der Waals surface area contributed by atoms with Crippen LogP contribution in [0.5, 0.6) is 0 Å². The van der Waals surface area contributed by atoms with Crippen LogP contribution in [0.25, 0.3) is 90.3 Å². The fraction of sp³-hybridized carbons (Fsp3) is 0. The maximum atomic E-state index is 5.50. The molecule has 4 heterocycles. The number of benzene rings is 6. The van der Waals surface area contributed by atoms with E-state index >= 15 is 0 Å². The molecule has 43 heavy (non-hydrogen) atoms. The van der Waals surface area contributed by atoms with Gasteiger partial charge in [-0.2, -0.15) is 0 Å². The summed E-state index contributed by atoms with van der Waals surface area (Å²) in [7, 11) is 0. The highest BCUT2D eigenvalue weighted by Crippen LogP contribution is 2.45. The maximum absolute atomic E-state index is 5.50. The second-order valence-electron chi connectivity index (χ2n) is 11.0. The second kappa shape index (κ2) is 8.71. The maximum Gasteiger partial charge on any atom is 0.236 e. The Labute approximate surface area is 253 Å². The van der Waals surface area contributed by atoms with Gasteiger partial charge in [0.15, 0.2) is 0 Å². The van der Waals surface area contributed by atoms with Crippen molar-refractivity contribution in [2.75, 3.05) is 0 Å². The van der Waals surface area contributed by atoms with Crippen LogP contribution in [-0.4, -0.2) is 14.5 Å². The summed E-state index contributed by atoms with van der Waals surface area (Å²) in [6.45, 7) is 0. The summed E-state index contributed by atoms with van der Waals surface area (Å²) < 4.78 is 6.04. The number of thiophene rings is 2. The minimum absolute atomic E-state index is 0.702. The third kappa shape index (κ3) is 3.29. The first-order valence-corrected chi connectivity index (χ1v) is 16.0. The number of aromatic nitrogens is 3. The highest BCUT2D eigenvalue weighted by molar-refractivity contribution is 7.26. The van der Waals surface area contributed by atoms with Crippen LogP contribution in [0.15, 0.2) is 127 Å². The molecule has 10 rings (SSSR count). The van der Waals surface area contributed by atoms with Crippen LogP contribution in [0.4, 0.5) is 0 Å². The van der Waals surface area contributed by atoms with Crippen molar-refractivity contribution in [3.8, 4) is 17.2 Å². The average Bonchev–Trinajstić information content (AvgIpc) is 3.72. The third-order valence-electron chi connectivity index (χ3n) is 8.63. The zero-order valence-corrected chi connectivity index (χ0v) is 24.4. The molecule has 4 aromatic heterocycles. The van der Waals surface area contributed by atoms with Crippen LogP contribution >= 0.6 is 22.7 Å². The van der Waals surface area contributed by atoms with E-state index in [1.54, 1.807) is 11.3 Å². The van der Waals surface area contributed by atoms with Crippen molar-refractivity contribution >= 4 is 95.7 Å². The quantitative estimate of drug-likeness (QED) is 0.203. The average molecular weight is 584 g/mol. The van der Waals surface area contributed by atoms with Crippen LogP contribution < -0.4 is 0 Å². The van der Waals surface area contributed by atoms with Crippen LogP contribution in [0.3, 0.4) is 0 Å². The molecule has 10 aromatic rings. The predicted molar refractivity (Wildman–Crippen MR) is 185 cm³/mol. The van der Waals surface area contributed by atoms with Gasteiger partial charge in [-0.05, 0) is 41.1 Å². The molecule has 5 heteroatoms. The molecule has 0 aliphatic carbocycles. The molecule has 0 unspecified atom stereocenters.